The number of hydrogen-bond acceptors (Lipinski definition) is 14. The number of carbonyl (C=O) groups excluding carboxylic acids is 6. The molecule has 0 spiro atoms. The first-order valence-electron chi connectivity index (χ1n) is 15.0. The van der Waals surface area contributed by atoms with Gasteiger partial charge in [-0.2, -0.15) is 0 Å². The first-order valence-corrected chi connectivity index (χ1v) is 16.7. The zero-order valence-electron chi connectivity index (χ0n) is 28.2. The van der Waals surface area contributed by atoms with Crippen molar-refractivity contribution in [2.24, 2.45) is 0 Å². The van der Waals surface area contributed by atoms with E-state index >= 15 is 0 Å². The first-order chi connectivity index (χ1) is 25.3. The van der Waals surface area contributed by atoms with Crippen molar-refractivity contribution in [1.29, 1.82) is 0 Å². The van der Waals surface area contributed by atoms with Gasteiger partial charge in [-0.05, 0) is 0 Å². The second-order valence-corrected chi connectivity index (χ2v) is 12.6. The molecular weight excluding hydrogens is 772 g/mol. The SMILES string of the molecule is C=[S-](=C)CC(=O)N[C@H](CC(=O)O)C(=O)N[C@H](CC(=O)O)C(=O)N[C@H](CC(=O)O)C(=O)N[C@H](CC(=O)O)C(=O)N[C@H](CC(=O)O)C(=O)N[C@H](CC(=O)O)C(=O)O. The average molecular weight is 810 g/mol. The fourth-order valence-corrected chi connectivity index (χ4v) is 4.53. The number of nitrogens with one attached hydrogen (secondary N) is 6. The molecule has 0 aromatic carbocycles. The molecule has 0 bridgehead atoms. The van der Waals surface area contributed by atoms with Crippen LogP contribution < -0.4 is 31.9 Å². The predicted octanol–water partition coefficient (Wildman–Crippen LogP) is -6.69. The minimum absolute atomic E-state index is 0.360. The molecule has 6 amide bonds. The highest BCUT2D eigenvalue weighted by Gasteiger charge is 2.36. The molecule has 6 atom stereocenters. The van der Waals surface area contributed by atoms with Crippen LogP contribution in [0.5, 0.6) is 0 Å². The Bertz CT molecular complexity index is 1650. The molecule has 0 saturated heterocycles. The second kappa shape index (κ2) is 23.0. The Hall–Kier alpha value is -6.80. The molecule has 13 N–H and O–H groups in total. The third kappa shape index (κ3) is 20.1. The summed E-state index contributed by atoms with van der Waals surface area (Å²) in [7, 11) is -1.01. The minimum atomic E-state index is -2.30. The molecule has 27 heteroatoms. The van der Waals surface area contributed by atoms with Crippen molar-refractivity contribution in [3.05, 3.63) is 0 Å². The highest BCUT2D eigenvalue weighted by molar-refractivity contribution is 7.92. The lowest BCUT2D eigenvalue weighted by Crippen LogP contribution is -2.60. The Morgan fingerprint density at radius 1 is 0.364 bits per heavy atom. The van der Waals surface area contributed by atoms with Gasteiger partial charge in [0, 0.05) is 0 Å². The van der Waals surface area contributed by atoms with Gasteiger partial charge in [0.15, 0.2) is 5.91 Å². The van der Waals surface area contributed by atoms with Crippen LogP contribution in [-0.4, -0.2) is 167 Å². The van der Waals surface area contributed by atoms with Crippen LogP contribution in [0.2, 0.25) is 0 Å². The summed E-state index contributed by atoms with van der Waals surface area (Å²) in [5.74, 6) is -14.6. The maximum atomic E-state index is 13.2. The maximum absolute atomic E-state index is 13.2. The molecule has 0 aromatic heterocycles. The molecule has 0 heterocycles. The van der Waals surface area contributed by atoms with Gasteiger partial charge in [0.2, 0.25) is 29.5 Å². The molecular formula is C28H37N6O20S-. The Labute approximate surface area is 309 Å². The van der Waals surface area contributed by atoms with Gasteiger partial charge in [-0.25, -0.2) is 16.5 Å². The van der Waals surface area contributed by atoms with Crippen LogP contribution in [0, 0.1) is 0 Å². The van der Waals surface area contributed by atoms with Crippen LogP contribution in [0.1, 0.15) is 38.5 Å². The Morgan fingerprint density at radius 3 is 0.764 bits per heavy atom. The van der Waals surface area contributed by atoms with Gasteiger partial charge >= 0.3 is 41.8 Å². The monoisotopic (exact) mass is 809 g/mol. The summed E-state index contributed by atoms with van der Waals surface area (Å²) in [6, 6.07) is -13.0. The van der Waals surface area contributed by atoms with Crippen molar-refractivity contribution in [1.82, 2.24) is 31.9 Å². The van der Waals surface area contributed by atoms with Gasteiger partial charge in [-0.1, -0.05) is 5.75 Å². The number of aliphatic carboxylic acids is 7. The molecule has 26 nitrogen and oxygen atoms in total. The lowest BCUT2D eigenvalue weighted by molar-refractivity contribution is -0.148. The molecule has 0 unspecified atom stereocenters. The summed E-state index contributed by atoms with van der Waals surface area (Å²) >= 11 is 0. The normalized spacial score (nSPS) is 13.8. The molecule has 0 radical (unpaired) electrons. The zero-order valence-corrected chi connectivity index (χ0v) is 29.0. The van der Waals surface area contributed by atoms with Gasteiger partial charge in [0.1, 0.15) is 36.3 Å². The Balaban J connectivity index is 6.39. The van der Waals surface area contributed by atoms with E-state index in [0.717, 1.165) is 0 Å². The van der Waals surface area contributed by atoms with Gasteiger partial charge in [0.25, 0.3) is 0 Å². The average Bonchev–Trinajstić information content (AvgIpc) is 3.00. The van der Waals surface area contributed by atoms with Gasteiger partial charge in [0.05, 0.1) is 38.5 Å². The summed E-state index contributed by atoms with van der Waals surface area (Å²) in [6.45, 7) is 0. The number of carbonyl (C=O) groups is 13. The Morgan fingerprint density at radius 2 is 0.564 bits per heavy atom. The predicted molar refractivity (Wildman–Crippen MR) is 179 cm³/mol. The Kier molecular flexibility index (Phi) is 20.1. The van der Waals surface area contributed by atoms with Crippen LogP contribution in [0.15, 0.2) is 0 Å². The summed E-state index contributed by atoms with van der Waals surface area (Å²) < 4.78 is 0. The molecule has 55 heavy (non-hydrogen) atoms. The van der Waals surface area contributed by atoms with Crippen LogP contribution >= 0.6 is 0 Å². The van der Waals surface area contributed by atoms with Crippen molar-refractivity contribution in [2.75, 3.05) is 5.75 Å². The van der Waals surface area contributed by atoms with Gasteiger partial charge < -0.3 is 77.7 Å². The van der Waals surface area contributed by atoms with E-state index in [9.17, 15) is 82.8 Å². The van der Waals surface area contributed by atoms with Crippen molar-refractivity contribution >= 4 is 99.0 Å². The molecule has 0 saturated carbocycles. The standard InChI is InChI=1S/C28H37N6O20S/c1-55(2)9-16(35)29-10(3-17(36)37)23(48)30-11(4-18(38)39)24(49)31-12(5-19(40)41)25(50)32-13(6-20(42)43)26(51)33-14(7-21(44)45)27(52)34-15(28(53)54)8-22(46)47/h10-15H,1-9H2,(H,29,35)(H,30,48)(H,31,49)(H,32,50)(H,33,51)(H,34,52)(H,36,37)(H,38,39)(H,40,41)(H,42,43)(H,44,45)(H,46,47)(H,53,54)/q-1/t10-,11-,12-,13-,14-,15-/m1/s1. The smallest absolute Gasteiger partial charge is 0.326 e. The second-order valence-electron chi connectivity index (χ2n) is 11.1. The molecule has 0 rings (SSSR count). The van der Waals surface area contributed by atoms with Crippen LogP contribution in [0.25, 0.3) is 0 Å². The van der Waals surface area contributed by atoms with Crippen molar-refractivity contribution in [2.45, 2.75) is 74.8 Å². The molecule has 306 valence electrons. The van der Waals surface area contributed by atoms with Crippen molar-refractivity contribution in [3.8, 4) is 0 Å². The summed E-state index contributed by atoms with van der Waals surface area (Å²) in [5.41, 5.74) is 0. The third-order valence-corrected chi connectivity index (χ3v) is 7.08. The molecule has 0 aromatic rings. The summed E-state index contributed by atoms with van der Waals surface area (Å²) in [4.78, 5) is 156. The number of hydrogen-bond donors (Lipinski definition) is 13. The number of rotatable bonds is 26. The molecule has 0 aliphatic rings. The van der Waals surface area contributed by atoms with Gasteiger partial charge in [-0.15, -0.1) is 0 Å². The fraction of sp³-hybridized carbons (Fsp3) is 0.464. The summed E-state index contributed by atoms with van der Waals surface area (Å²) in [6.07, 6.45) is -7.57. The first kappa shape index (κ1) is 48.2. The van der Waals surface area contributed by atoms with E-state index in [1.807, 2.05) is 10.6 Å². The maximum Gasteiger partial charge on any atom is 0.326 e. The van der Waals surface area contributed by atoms with E-state index in [4.69, 9.17) is 15.3 Å². The zero-order chi connectivity index (χ0) is 42.7. The van der Waals surface area contributed by atoms with Crippen molar-refractivity contribution in [3.63, 3.8) is 0 Å². The highest BCUT2D eigenvalue weighted by atomic mass is 32.2. The highest BCUT2D eigenvalue weighted by Crippen LogP contribution is 2.05. The van der Waals surface area contributed by atoms with Crippen LogP contribution in [-0.2, 0) is 72.4 Å². The van der Waals surface area contributed by atoms with Crippen LogP contribution in [0.3, 0.4) is 0 Å². The minimum Gasteiger partial charge on any atom is -0.481 e. The molecule has 0 aliphatic carbocycles. The summed E-state index contributed by atoms with van der Waals surface area (Å²) in [5, 5.41) is 75.2. The quantitative estimate of drug-likeness (QED) is 0.0285. The molecule has 0 aliphatic heterocycles. The molecule has 0 fully saturated rings. The number of amides is 6. The number of carboxylic acid groups (broad SMARTS) is 7. The lowest BCUT2D eigenvalue weighted by Gasteiger charge is -2.26. The van der Waals surface area contributed by atoms with E-state index in [1.165, 1.54) is 0 Å². The van der Waals surface area contributed by atoms with E-state index in [-0.39, 0.29) is 5.75 Å². The van der Waals surface area contributed by atoms with E-state index in [2.05, 4.69) is 11.7 Å². The number of carboxylic acids is 7. The van der Waals surface area contributed by atoms with Gasteiger partial charge in [-0.3, -0.25) is 57.5 Å². The topological polar surface area (TPSA) is 436 Å². The largest absolute Gasteiger partial charge is 0.481 e. The van der Waals surface area contributed by atoms with E-state index in [0.29, 0.717) is 0 Å². The van der Waals surface area contributed by atoms with E-state index in [1.54, 1.807) is 21.3 Å². The van der Waals surface area contributed by atoms with E-state index < -0.39 is 162 Å². The van der Waals surface area contributed by atoms with Crippen LogP contribution in [0.4, 0.5) is 0 Å². The third-order valence-electron chi connectivity index (χ3n) is 6.41. The van der Waals surface area contributed by atoms with Crippen molar-refractivity contribution < 1.29 is 98.1 Å². The fourth-order valence-electron chi connectivity index (χ4n) is 4.08. The lowest BCUT2D eigenvalue weighted by atomic mass is 10.1.